The SMILES string of the molecule is CC(NC1CCCc2sc(Cl)cc21)C1CCCO1. The summed E-state index contributed by atoms with van der Waals surface area (Å²) in [6, 6.07) is 3.06. The largest absolute Gasteiger partial charge is 0.377 e. The van der Waals surface area contributed by atoms with Gasteiger partial charge in [0, 0.05) is 23.6 Å². The smallest absolute Gasteiger partial charge is 0.0934 e. The molecule has 1 N–H and O–H groups in total. The zero-order chi connectivity index (χ0) is 12.5. The molecular weight excluding hydrogens is 266 g/mol. The van der Waals surface area contributed by atoms with Gasteiger partial charge in [0.2, 0.25) is 0 Å². The number of thiophene rings is 1. The van der Waals surface area contributed by atoms with Crippen LogP contribution >= 0.6 is 22.9 Å². The van der Waals surface area contributed by atoms with Gasteiger partial charge >= 0.3 is 0 Å². The van der Waals surface area contributed by atoms with Crippen molar-refractivity contribution < 1.29 is 4.74 Å². The lowest BCUT2D eigenvalue weighted by Gasteiger charge is -2.29. The molecule has 3 unspecified atom stereocenters. The van der Waals surface area contributed by atoms with Crippen LogP contribution in [0.3, 0.4) is 0 Å². The van der Waals surface area contributed by atoms with Gasteiger partial charge in [0.1, 0.15) is 0 Å². The minimum absolute atomic E-state index is 0.393. The van der Waals surface area contributed by atoms with E-state index >= 15 is 0 Å². The quantitative estimate of drug-likeness (QED) is 0.908. The summed E-state index contributed by atoms with van der Waals surface area (Å²) in [5, 5.41) is 3.75. The summed E-state index contributed by atoms with van der Waals surface area (Å²) in [6.07, 6.45) is 6.47. The Morgan fingerprint density at radius 3 is 3.11 bits per heavy atom. The highest BCUT2D eigenvalue weighted by atomic mass is 35.5. The molecule has 1 aliphatic carbocycles. The van der Waals surface area contributed by atoms with E-state index in [0.717, 1.165) is 10.9 Å². The molecule has 0 aromatic carbocycles. The molecule has 0 spiro atoms. The average Bonchev–Trinajstić information content (AvgIpc) is 2.96. The van der Waals surface area contributed by atoms with Crippen LogP contribution in [0.1, 0.15) is 49.1 Å². The van der Waals surface area contributed by atoms with Crippen LogP contribution in [0.15, 0.2) is 6.07 Å². The Hall–Kier alpha value is -0.0900. The third-order valence-electron chi connectivity index (χ3n) is 4.07. The van der Waals surface area contributed by atoms with Crippen LogP contribution in [0.5, 0.6) is 0 Å². The molecule has 1 fully saturated rings. The summed E-state index contributed by atoms with van der Waals surface area (Å²) >= 11 is 7.89. The molecule has 1 aliphatic heterocycles. The van der Waals surface area contributed by atoms with Crippen molar-refractivity contribution in [3.63, 3.8) is 0 Å². The number of ether oxygens (including phenoxy) is 1. The lowest BCUT2D eigenvalue weighted by atomic mass is 9.93. The minimum atomic E-state index is 0.393. The second kappa shape index (κ2) is 5.49. The lowest BCUT2D eigenvalue weighted by molar-refractivity contribution is 0.0788. The molecule has 2 aliphatic rings. The molecule has 0 saturated carbocycles. The molecule has 2 heterocycles. The van der Waals surface area contributed by atoms with Gasteiger partial charge in [-0.05, 0) is 50.7 Å². The summed E-state index contributed by atoms with van der Waals surface area (Å²) < 4.78 is 6.69. The summed E-state index contributed by atoms with van der Waals surface area (Å²) in [6.45, 7) is 3.18. The van der Waals surface area contributed by atoms with Gasteiger partial charge in [-0.1, -0.05) is 11.6 Å². The van der Waals surface area contributed by atoms with Crippen molar-refractivity contribution in [3.05, 3.63) is 20.8 Å². The molecule has 1 aromatic rings. The minimum Gasteiger partial charge on any atom is -0.377 e. The van der Waals surface area contributed by atoms with E-state index in [9.17, 15) is 0 Å². The van der Waals surface area contributed by atoms with E-state index in [1.807, 2.05) is 0 Å². The maximum Gasteiger partial charge on any atom is 0.0934 e. The molecule has 3 rings (SSSR count). The third-order valence-corrected chi connectivity index (χ3v) is 5.41. The molecule has 0 radical (unpaired) electrons. The second-order valence-electron chi connectivity index (χ2n) is 5.38. The molecule has 1 saturated heterocycles. The fourth-order valence-corrected chi connectivity index (χ4v) is 4.50. The Bertz CT molecular complexity index is 414. The van der Waals surface area contributed by atoms with Gasteiger partial charge in [-0.2, -0.15) is 0 Å². The van der Waals surface area contributed by atoms with Crippen molar-refractivity contribution in [2.45, 2.75) is 57.2 Å². The van der Waals surface area contributed by atoms with Crippen LogP contribution in [0, 0.1) is 0 Å². The molecule has 0 bridgehead atoms. The van der Waals surface area contributed by atoms with Crippen molar-refractivity contribution in [1.82, 2.24) is 5.32 Å². The highest BCUT2D eigenvalue weighted by molar-refractivity contribution is 7.16. The Morgan fingerprint density at radius 2 is 2.33 bits per heavy atom. The van der Waals surface area contributed by atoms with Crippen molar-refractivity contribution in [3.8, 4) is 0 Å². The number of nitrogens with one attached hydrogen (secondary N) is 1. The van der Waals surface area contributed by atoms with Gasteiger partial charge in [-0.3, -0.25) is 0 Å². The fraction of sp³-hybridized carbons (Fsp3) is 0.714. The Balaban J connectivity index is 1.69. The number of fused-ring (bicyclic) bond motifs is 1. The predicted molar refractivity (Wildman–Crippen MR) is 76.6 cm³/mol. The van der Waals surface area contributed by atoms with Crippen LogP contribution < -0.4 is 5.32 Å². The molecule has 4 heteroatoms. The van der Waals surface area contributed by atoms with E-state index < -0.39 is 0 Å². The summed E-state index contributed by atoms with van der Waals surface area (Å²) in [5.41, 5.74) is 1.43. The highest BCUT2D eigenvalue weighted by Crippen LogP contribution is 2.38. The number of aryl methyl sites for hydroxylation is 1. The first-order chi connectivity index (χ1) is 8.74. The van der Waals surface area contributed by atoms with Crippen LogP contribution in [0.25, 0.3) is 0 Å². The van der Waals surface area contributed by atoms with Gasteiger partial charge in [-0.25, -0.2) is 0 Å². The molecule has 0 amide bonds. The van der Waals surface area contributed by atoms with Crippen molar-refractivity contribution >= 4 is 22.9 Å². The van der Waals surface area contributed by atoms with E-state index in [2.05, 4.69) is 18.3 Å². The van der Waals surface area contributed by atoms with E-state index in [1.165, 1.54) is 42.5 Å². The van der Waals surface area contributed by atoms with E-state index in [0.29, 0.717) is 18.2 Å². The predicted octanol–water partition coefficient (Wildman–Crippen LogP) is 3.94. The first kappa shape index (κ1) is 12.9. The van der Waals surface area contributed by atoms with Crippen molar-refractivity contribution in [2.24, 2.45) is 0 Å². The number of halogens is 1. The van der Waals surface area contributed by atoms with Gasteiger partial charge < -0.3 is 10.1 Å². The van der Waals surface area contributed by atoms with E-state index in [4.69, 9.17) is 16.3 Å². The standard InChI is InChI=1S/C14H20ClNOS/c1-9(12-5-3-7-17-12)16-11-4-2-6-13-10(11)8-14(15)18-13/h8-9,11-12,16H,2-7H2,1H3. The van der Waals surface area contributed by atoms with Crippen molar-refractivity contribution in [2.75, 3.05) is 6.61 Å². The average molecular weight is 286 g/mol. The topological polar surface area (TPSA) is 21.3 Å². The zero-order valence-corrected chi connectivity index (χ0v) is 12.3. The van der Waals surface area contributed by atoms with Gasteiger partial charge in [0.15, 0.2) is 0 Å². The van der Waals surface area contributed by atoms with E-state index in [1.54, 1.807) is 11.3 Å². The van der Waals surface area contributed by atoms with Gasteiger partial charge in [0.25, 0.3) is 0 Å². The lowest BCUT2D eigenvalue weighted by Crippen LogP contribution is -2.40. The van der Waals surface area contributed by atoms with E-state index in [-0.39, 0.29) is 0 Å². The summed E-state index contributed by atoms with van der Waals surface area (Å²) in [4.78, 5) is 1.48. The normalized spacial score (nSPS) is 29.2. The van der Waals surface area contributed by atoms with Gasteiger partial charge in [-0.15, -0.1) is 11.3 Å². The zero-order valence-electron chi connectivity index (χ0n) is 10.7. The fourth-order valence-electron chi connectivity index (χ4n) is 3.12. The van der Waals surface area contributed by atoms with Crippen LogP contribution in [-0.2, 0) is 11.2 Å². The Morgan fingerprint density at radius 1 is 1.44 bits per heavy atom. The third kappa shape index (κ3) is 2.60. The maximum absolute atomic E-state index is 6.15. The summed E-state index contributed by atoms with van der Waals surface area (Å²) in [5.74, 6) is 0. The van der Waals surface area contributed by atoms with Crippen LogP contribution in [0.2, 0.25) is 4.34 Å². The first-order valence-electron chi connectivity index (χ1n) is 6.90. The molecule has 2 nitrogen and oxygen atoms in total. The summed E-state index contributed by atoms with van der Waals surface area (Å²) in [7, 11) is 0. The number of hydrogen-bond donors (Lipinski definition) is 1. The molecule has 18 heavy (non-hydrogen) atoms. The highest BCUT2D eigenvalue weighted by Gasteiger charge is 2.28. The Labute approximate surface area is 118 Å². The molecule has 3 atom stereocenters. The van der Waals surface area contributed by atoms with Crippen LogP contribution in [0.4, 0.5) is 0 Å². The molecule has 1 aromatic heterocycles. The second-order valence-corrected chi connectivity index (χ2v) is 7.15. The maximum atomic E-state index is 6.15. The number of hydrogen-bond acceptors (Lipinski definition) is 3. The Kier molecular flexibility index (Phi) is 3.94. The first-order valence-corrected chi connectivity index (χ1v) is 8.09. The molecular formula is C14H20ClNOS. The number of rotatable bonds is 3. The van der Waals surface area contributed by atoms with Gasteiger partial charge in [0.05, 0.1) is 10.4 Å². The van der Waals surface area contributed by atoms with Crippen LogP contribution in [-0.4, -0.2) is 18.8 Å². The van der Waals surface area contributed by atoms with Crippen molar-refractivity contribution in [1.29, 1.82) is 0 Å². The molecule has 100 valence electrons. The monoisotopic (exact) mass is 285 g/mol.